The molecule has 0 saturated heterocycles. The van der Waals surface area contributed by atoms with E-state index in [4.69, 9.17) is 25.7 Å². The molecule has 0 aliphatic heterocycles. The molecular weight excluding hydrogens is 341 g/mol. The van der Waals surface area contributed by atoms with Gasteiger partial charge in [0.25, 0.3) is 0 Å². The summed E-state index contributed by atoms with van der Waals surface area (Å²) < 4.78 is 21.9. The van der Waals surface area contributed by atoms with Crippen molar-refractivity contribution >= 4 is 7.60 Å². The first-order chi connectivity index (χ1) is 11.9. The van der Waals surface area contributed by atoms with Crippen molar-refractivity contribution < 1.29 is 23.8 Å². The molecule has 138 valence electrons. The van der Waals surface area contributed by atoms with Gasteiger partial charge >= 0.3 is 7.60 Å². The smallest absolute Gasteiger partial charge is 0.328 e. The van der Waals surface area contributed by atoms with Crippen molar-refractivity contribution in [1.29, 1.82) is 0 Å². The summed E-state index contributed by atoms with van der Waals surface area (Å²) in [4.78, 5) is 19.8. The van der Waals surface area contributed by atoms with Crippen LogP contribution in [0.4, 0.5) is 0 Å². The first-order valence-electron chi connectivity index (χ1n) is 7.94. The van der Waals surface area contributed by atoms with Crippen LogP contribution in [0.15, 0.2) is 36.9 Å². The van der Waals surface area contributed by atoms with E-state index >= 15 is 0 Å². The van der Waals surface area contributed by atoms with Crippen molar-refractivity contribution in [2.24, 2.45) is 0 Å². The summed E-state index contributed by atoms with van der Waals surface area (Å²) in [7, 11) is -2.10. The molecule has 6 nitrogen and oxygen atoms in total. The minimum atomic E-state index is -4.05. The van der Waals surface area contributed by atoms with Crippen molar-refractivity contribution in [3.63, 3.8) is 0 Å². The zero-order valence-corrected chi connectivity index (χ0v) is 15.4. The van der Waals surface area contributed by atoms with Gasteiger partial charge in [0.05, 0.1) is 32.5 Å². The minimum absolute atomic E-state index is 0.0311. The number of likely N-dealkylation sites (N-methyl/N-ethyl adjacent to an activating group) is 1. The fourth-order valence-electron chi connectivity index (χ4n) is 2.22. The summed E-state index contributed by atoms with van der Waals surface area (Å²) in [6, 6.07) is 7.55. The van der Waals surface area contributed by atoms with Crippen LogP contribution in [0.1, 0.15) is 5.56 Å². The highest BCUT2D eigenvalue weighted by Crippen LogP contribution is 2.33. The third-order valence-corrected chi connectivity index (χ3v) is 4.30. The molecule has 0 saturated carbocycles. The summed E-state index contributed by atoms with van der Waals surface area (Å²) in [6.45, 7) is 5.12. The molecule has 1 atom stereocenters. The fraction of sp³-hybridized carbons (Fsp3) is 0.444. The number of benzene rings is 1. The Morgan fingerprint density at radius 2 is 2.24 bits per heavy atom. The lowest BCUT2D eigenvalue weighted by molar-refractivity contribution is 0.0923. The van der Waals surface area contributed by atoms with Gasteiger partial charge in [0.2, 0.25) is 0 Å². The number of rotatable bonds is 12. The lowest BCUT2D eigenvalue weighted by Crippen LogP contribution is -2.37. The van der Waals surface area contributed by atoms with Gasteiger partial charge in [-0.3, -0.25) is 9.46 Å². The van der Waals surface area contributed by atoms with E-state index in [1.807, 2.05) is 30.1 Å². The second-order valence-electron chi connectivity index (χ2n) is 5.69. The van der Waals surface area contributed by atoms with E-state index in [-0.39, 0.29) is 18.8 Å². The average molecular weight is 367 g/mol. The minimum Gasteiger partial charge on any atom is -0.493 e. The van der Waals surface area contributed by atoms with E-state index in [9.17, 15) is 4.57 Å². The topological polar surface area (TPSA) is 79.2 Å². The van der Waals surface area contributed by atoms with Crippen LogP contribution in [0.25, 0.3) is 0 Å². The zero-order chi connectivity index (χ0) is 18.7. The summed E-state index contributed by atoms with van der Waals surface area (Å²) in [5.41, 5.74) is 1.03. The lowest BCUT2D eigenvalue weighted by Gasteiger charge is -2.26. The Morgan fingerprint density at radius 3 is 2.88 bits per heavy atom. The zero-order valence-electron chi connectivity index (χ0n) is 14.5. The summed E-state index contributed by atoms with van der Waals surface area (Å²) in [6.07, 6.45) is 7.51. The molecular formula is C18H26NO5P. The van der Waals surface area contributed by atoms with Crippen LogP contribution >= 0.6 is 7.60 Å². The lowest BCUT2D eigenvalue weighted by atomic mass is 10.1. The van der Waals surface area contributed by atoms with E-state index in [0.29, 0.717) is 31.9 Å². The maximum Gasteiger partial charge on any atom is 0.328 e. The number of ether oxygens (including phenoxy) is 2. The van der Waals surface area contributed by atoms with Gasteiger partial charge < -0.3 is 19.3 Å². The maximum atomic E-state index is 10.9. The van der Waals surface area contributed by atoms with Crippen LogP contribution < -0.4 is 4.74 Å². The Labute approximate surface area is 149 Å². The number of terminal acetylenes is 1. The van der Waals surface area contributed by atoms with Gasteiger partial charge in [0, 0.05) is 6.04 Å². The van der Waals surface area contributed by atoms with E-state index in [2.05, 4.69) is 12.5 Å². The van der Waals surface area contributed by atoms with Gasteiger partial charge in [-0.2, -0.15) is 0 Å². The normalized spacial score (nSPS) is 12.6. The number of hydrogen-bond donors (Lipinski definition) is 2. The van der Waals surface area contributed by atoms with Crippen LogP contribution in [0.5, 0.6) is 5.75 Å². The SMILES string of the molecule is C#CCN(C)[C@H](COCC=C)Cc1cccc(OCCP(=O)(O)O)c1. The van der Waals surface area contributed by atoms with Crippen LogP contribution in [0.2, 0.25) is 0 Å². The van der Waals surface area contributed by atoms with Crippen molar-refractivity contribution in [2.75, 3.05) is 39.6 Å². The highest BCUT2D eigenvalue weighted by Gasteiger charge is 2.16. The fourth-order valence-corrected chi connectivity index (χ4v) is 2.55. The molecule has 0 aliphatic carbocycles. The van der Waals surface area contributed by atoms with Crippen molar-refractivity contribution in [1.82, 2.24) is 4.90 Å². The Balaban J connectivity index is 2.69. The Morgan fingerprint density at radius 1 is 1.48 bits per heavy atom. The van der Waals surface area contributed by atoms with Crippen molar-refractivity contribution in [3.8, 4) is 18.1 Å². The third-order valence-electron chi connectivity index (χ3n) is 3.53. The highest BCUT2D eigenvalue weighted by atomic mass is 31.2. The molecule has 0 bridgehead atoms. The molecule has 0 fully saturated rings. The quantitative estimate of drug-likeness (QED) is 0.254. The molecule has 0 unspecified atom stereocenters. The second kappa shape index (κ2) is 11.1. The molecule has 7 heteroatoms. The predicted molar refractivity (Wildman–Crippen MR) is 98.8 cm³/mol. The standard InChI is InChI=1S/C18H26NO5P/c1-4-9-19(3)17(15-23-10-5-2)13-16-7-6-8-18(14-16)24-11-12-25(20,21)22/h1,5-8,14,17H,2,9-13,15H2,3H3,(H2,20,21,22)/t17-/m0/s1. The summed E-state index contributed by atoms with van der Waals surface area (Å²) >= 11 is 0. The molecule has 0 aliphatic rings. The van der Waals surface area contributed by atoms with Gasteiger partial charge in [0.15, 0.2) is 0 Å². The molecule has 1 rings (SSSR count). The van der Waals surface area contributed by atoms with Gasteiger partial charge in [-0.15, -0.1) is 13.0 Å². The largest absolute Gasteiger partial charge is 0.493 e. The number of hydrogen-bond acceptors (Lipinski definition) is 4. The number of nitrogens with zero attached hydrogens (tertiary/aromatic N) is 1. The Hall–Kier alpha value is -1.61. The molecule has 25 heavy (non-hydrogen) atoms. The van der Waals surface area contributed by atoms with E-state index in [1.54, 1.807) is 12.1 Å². The van der Waals surface area contributed by atoms with Gasteiger partial charge in [-0.05, 0) is 31.2 Å². The molecule has 0 radical (unpaired) electrons. The first kappa shape index (κ1) is 21.4. The molecule has 0 amide bonds. The third kappa shape index (κ3) is 9.45. The summed E-state index contributed by atoms with van der Waals surface area (Å²) in [5.74, 6) is 3.21. The van der Waals surface area contributed by atoms with Gasteiger partial charge in [0.1, 0.15) is 5.75 Å². The molecule has 2 N–H and O–H groups in total. The highest BCUT2D eigenvalue weighted by molar-refractivity contribution is 7.51. The van der Waals surface area contributed by atoms with Crippen LogP contribution in [0.3, 0.4) is 0 Å². The molecule has 0 aromatic heterocycles. The van der Waals surface area contributed by atoms with E-state index < -0.39 is 7.60 Å². The predicted octanol–water partition coefficient (Wildman–Crippen LogP) is 1.92. The van der Waals surface area contributed by atoms with Crippen molar-refractivity contribution in [2.45, 2.75) is 12.5 Å². The van der Waals surface area contributed by atoms with Gasteiger partial charge in [-0.25, -0.2) is 0 Å². The van der Waals surface area contributed by atoms with E-state index in [1.165, 1.54) is 0 Å². The molecule has 1 aromatic carbocycles. The second-order valence-corrected chi connectivity index (χ2v) is 7.46. The van der Waals surface area contributed by atoms with Crippen molar-refractivity contribution in [3.05, 3.63) is 42.5 Å². The van der Waals surface area contributed by atoms with Crippen LogP contribution in [-0.4, -0.2) is 60.3 Å². The average Bonchev–Trinajstić information content (AvgIpc) is 2.53. The van der Waals surface area contributed by atoms with E-state index in [0.717, 1.165) is 5.56 Å². The maximum absolute atomic E-state index is 10.9. The molecule has 0 spiro atoms. The van der Waals surface area contributed by atoms with Crippen LogP contribution in [0, 0.1) is 12.3 Å². The van der Waals surface area contributed by atoms with Gasteiger partial charge in [-0.1, -0.05) is 24.1 Å². The Bertz CT molecular complexity index is 622. The van der Waals surface area contributed by atoms with Crippen LogP contribution in [-0.2, 0) is 15.7 Å². The molecule has 1 aromatic rings. The summed E-state index contributed by atoms with van der Waals surface area (Å²) in [5, 5.41) is 0. The molecule has 0 heterocycles. The Kier molecular flexibility index (Phi) is 9.51. The first-order valence-corrected chi connectivity index (χ1v) is 9.74. The monoisotopic (exact) mass is 367 g/mol.